The third-order valence-electron chi connectivity index (χ3n) is 2.48. The molecule has 1 heterocycles. The van der Waals surface area contributed by atoms with Crippen molar-refractivity contribution in [2.75, 3.05) is 5.32 Å². The summed E-state index contributed by atoms with van der Waals surface area (Å²) in [7, 11) is 1.90. The van der Waals surface area contributed by atoms with Crippen LogP contribution in [0.1, 0.15) is 11.3 Å². The van der Waals surface area contributed by atoms with Gasteiger partial charge in [0, 0.05) is 18.9 Å². The van der Waals surface area contributed by atoms with Gasteiger partial charge in [-0.15, -0.1) is 0 Å². The first-order chi connectivity index (χ1) is 8.20. The highest BCUT2D eigenvalue weighted by Crippen LogP contribution is 2.14. The molecule has 0 radical (unpaired) electrons. The van der Waals surface area contributed by atoms with E-state index >= 15 is 0 Å². The van der Waals surface area contributed by atoms with E-state index in [0.717, 1.165) is 5.69 Å². The van der Waals surface area contributed by atoms with Crippen molar-refractivity contribution in [1.82, 2.24) is 9.55 Å². The molecule has 1 N–H and O–H groups in total. The van der Waals surface area contributed by atoms with Gasteiger partial charge in [0.1, 0.15) is 11.9 Å². The summed E-state index contributed by atoms with van der Waals surface area (Å²) in [6, 6.07) is 6.19. The number of hydrogen-bond donors (Lipinski definition) is 1. The predicted octanol–water partition coefficient (Wildman–Crippen LogP) is 2.04. The molecule has 0 aliphatic rings. The van der Waals surface area contributed by atoms with E-state index < -0.39 is 5.82 Å². The standard InChI is InChI=1S/C12H11FN4/c1-17-8-15-6-11(17)7-16-10-2-3-12(13)9(4-10)5-14/h2-4,6,8,16H,7H2,1H3. The largest absolute Gasteiger partial charge is 0.379 e. The number of imidazole rings is 1. The van der Waals surface area contributed by atoms with E-state index in [1.807, 2.05) is 17.7 Å². The molecule has 86 valence electrons. The van der Waals surface area contributed by atoms with E-state index in [-0.39, 0.29) is 5.56 Å². The maximum Gasteiger partial charge on any atom is 0.141 e. The van der Waals surface area contributed by atoms with Gasteiger partial charge in [-0.3, -0.25) is 0 Å². The Balaban J connectivity index is 2.10. The molecule has 1 aromatic heterocycles. The fourth-order valence-corrected chi connectivity index (χ4v) is 1.47. The van der Waals surface area contributed by atoms with Crippen LogP contribution in [0.4, 0.5) is 10.1 Å². The second-order valence-electron chi connectivity index (χ2n) is 3.66. The molecule has 0 spiro atoms. The summed E-state index contributed by atoms with van der Waals surface area (Å²) in [5, 5.41) is 11.8. The van der Waals surface area contributed by atoms with Crippen molar-refractivity contribution in [3.8, 4) is 6.07 Å². The lowest BCUT2D eigenvalue weighted by Crippen LogP contribution is -2.04. The van der Waals surface area contributed by atoms with E-state index in [2.05, 4.69) is 10.3 Å². The Labute approximate surface area is 98.3 Å². The van der Waals surface area contributed by atoms with Gasteiger partial charge in [0.15, 0.2) is 0 Å². The molecule has 0 saturated carbocycles. The van der Waals surface area contributed by atoms with Crippen LogP contribution in [0.15, 0.2) is 30.7 Å². The predicted molar refractivity (Wildman–Crippen MR) is 61.6 cm³/mol. The molecule has 0 fully saturated rings. The smallest absolute Gasteiger partial charge is 0.141 e. The average molecular weight is 230 g/mol. The number of benzene rings is 1. The van der Waals surface area contributed by atoms with Crippen LogP contribution in [0, 0.1) is 17.1 Å². The normalized spacial score (nSPS) is 9.94. The molecule has 0 bridgehead atoms. The van der Waals surface area contributed by atoms with Crippen LogP contribution in [-0.4, -0.2) is 9.55 Å². The maximum atomic E-state index is 13.1. The Morgan fingerprint density at radius 1 is 1.53 bits per heavy atom. The number of hydrogen-bond acceptors (Lipinski definition) is 3. The Morgan fingerprint density at radius 2 is 2.35 bits per heavy atom. The number of anilines is 1. The molecule has 4 nitrogen and oxygen atoms in total. The van der Waals surface area contributed by atoms with Gasteiger partial charge in [-0.1, -0.05) is 0 Å². The molecule has 0 aliphatic carbocycles. The summed E-state index contributed by atoms with van der Waals surface area (Å²) >= 11 is 0. The van der Waals surface area contributed by atoms with Crippen molar-refractivity contribution < 1.29 is 4.39 Å². The Bertz CT molecular complexity index is 568. The van der Waals surface area contributed by atoms with Gasteiger partial charge in [-0.2, -0.15) is 5.26 Å². The Morgan fingerprint density at radius 3 is 3.00 bits per heavy atom. The molecule has 2 aromatic rings. The minimum absolute atomic E-state index is 0.0417. The number of halogens is 1. The van der Waals surface area contributed by atoms with E-state index in [0.29, 0.717) is 12.2 Å². The molecule has 2 rings (SSSR count). The second-order valence-corrected chi connectivity index (χ2v) is 3.66. The van der Waals surface area contributed by atoms with Crippen LogP contribution in [0.5, 0.6) is 0 Å². The first-order valence-electron chi connectivity index (χ1n) is 5.09. The summed E-state index contributed by atoms with van der Waals surface area (Å²) in [5.74, 6) is -0.501. The number of aromatic nitrogens is 2. The van der Waals surface area contributed by atoms with Crippen molar-refractivity contribution in [3.05, 3.63) is 47.8 Å². The van der Waals surface area contributed by atoms with Crippen LogP contribution in [0.3, 0.4) is 0 Å². The zero-order chi connectivity index (χ0) is 12.3. The third-order valence-corrected chi connectivity index (χ3v) is 2.48. The highest BCUT2D eigenvalue weighted by atomic mass is 19.1. The molecule has 5 heteroatoms. The van der Waals surface area contributed by atoms with E-state index in [9.17, 15) is 4.39 Å². The molecule has 0 unspecified atom stereocenters. The maximum absolute atomic E-state index is 13.1. The van der Waals surface area contributed by atoms with Crippen molar-refractivity contribution in [2.24, 2.45) is 7.05 Å². The Kier molecular flexibility index (Phi) is 3.06. The van der Waals surface area contributed by atoms with Gasteiger partial charge in [0.05, 0.1) is 24.1 Å². The van der Waals surface area contributed by atoms with Crippen molar-refractivity contribution in [1.29, 1.82) is 5.26 Å². The van der Waals surface area contributed by atoms with E-state index in [1.165, 1.54) is 12.1 Å². The lowest BCUT2D eigenvalue weighted by Gasteiger charge is -2.07. The number of nitriles is 1. The van der Waals surface area contributed by atoms with Crippen LogP contribution >= 0.6 is 0 Å². The third kappa shape index (κ3) is 2.42. The molecule has 1 aromatic carbocycles. The quantitative estimate of drug-likeness (QED) is 0.877. The first kappa shape index (κ1) is 11.1. The lowest BCUT2D eigenvalue weighted by molar-refractivity contribution is 0.624. The van der Waals surface area contributed by atoms with Crippen LogP contribution in [-0.2, 0) is 13.6 Å². The number of aryl methyl sites for hydroxylation is 1. The summed E-state index contributed by atoms with van der Waals surface area (Å²) < 4.78 is 15.0. The van der Waals surface area contributed by atoms with E-state index in [4.69, 9.17) is 5.26 Å². The van der Waals surface area contributed by atoms with Crippen LogP contribution < -0.4 is 5.32 Å². The van der Waals surface area contributed by atoms with Crippen LogP contribution in [0.25, 0.3) is 0 Å². The summed E-state index contributed by atoms with van der Waals surface area (Å²) in [6.07, 6.45) is 3.46. The molecule has 17 heavy (non-hydrogen) atoms. The molecular weight excluding hydrogens is 219 g/mol. The van der Waals surface area contributed by atoms with E-state index in [1.54, 1.807) is 18.6 Å². The van der Waals surface area contributed by atoms with Crippen LogP contribution in [0.2, 0.25) is 0 Å². The zero-order valence-corrected chi connectivity index (χ0v) is 9.31. The summed E-state index contributed by atoms with van der Waals surface area (Å²) in [4.78, 5) is 3.99. The lowest BCUT2D eigenvalue weighted by atomic mass is 10.2. The van der Waals surface area contributed by atoms with Crippen molar-refractivity contribution in [2.45, 2.75) is 6.54 Å². The molecule has 0 aliphatic heterocycles. The fraction of sp³-hybridized carbons (Fsp3) is 0.167. The van der Waals surface area contributed by atoms with Crippen molar-refractivity contribution in [3.63, 3.8) is 0 Å². The van der Waals surface area contributed by atoms with Gasteiger partial charge in [-0.25, -0.2) is 9.37 Å². The highest BCUT2D eigenvalue weighted by Gasteiger charge is 2.03. The fourth-order valence-electron chi connectivity index (χ4n) is 1.47. The SMILES string of the molecule is Cn1cncc1CNc1ccc(F)c(C#N)c1. The van der Waals surface area contributed by atoms with Gasteiger partial charge in [0.2, 0.25) is 0 Å². The summed E-state index contributed by atoms with van der Waals surface area (Å²) in [6.45, 7) is 0.576. The van der Waals surface area contributed by atoms with Gasteiger partial charge in [-0.05, 0) is 18.2 Å². The van der Waals surface area contributed by atoms with Gasteiger partial charge >= 0.3 is 0 Å². The molecule has 0 atom stereocenters. The molecule has 0 saturated heterocycles. The minimum atomic E-state index is -0.501. The molecular formula is C12H11FN4. The second kappa shape index (κ2) is 4.66. The average Bonchev–Trinajstić information content (AvgIpc) is 2.74. The number of nitrogens with one attached hydrogen (secondary N) is 1. The van der Waals surface area contributed by atoms with Gasteiger partial charge < -0.3 is 9.88 Å². The first-order valence-corrected chi connectivity index (χ1v) is 5.09. The summed E-state index contributed by atoms with van der Waals surface area (Å²) in [5.41, 5.74) is 1.76. The number of rotatable bonds is 3. The highest BCUT2D eigenvalue weighted by molar-refractivity contribution is 5.49. The monoisotopic (exact) mass is 230 g/mol. The Hall–Kier alpha value is -2.35. The number of nitrogens with zero attached hydrogens (tertiary/aromatic N) is 3. The topological polar surface area (TPSA) is 53.6 Å². The van der Waals surface area contributed by atoms with Crippen molar-refractivity contribution >= 4 is 5.69 Å². The van der Waals surface area contributed by atoms with Gasteiger partial charge in [0.25, 0.3) is 0 Å². The minimum Gasteiger partial charge on any atom is -0.379 e. The zero-order valence-electron chi connectivity index (χ0n) is 9.31. The molecule has 0 amide bonds.